The minimum Gasteiger partial charge on any atom is -0.422 e. The molecule has 0 saturated carbocycles. The fourth-order valence-corrected chi connectivity index (χ4v) is 1.41. The van der Waals surface area contributed by atoms with E-state index in [2.05, 4.69) is 4.99 Å². The SMILES string of the molecule is COC(CCN=C=O)(CO[SiH3])OC. The summed E-state index contributed by atoms with van der Waals surface area (Å²) >= 11 is 0. The highest BCUT2D eigenvalue weighted by molar-refractivity contribution is 5.97. The van der Waals surface area contributed by atoms with Crippen molar-refractivity contribution in [2.45, 2.75) is 12.2 Å². The predicted molar refractivity (Wildman–Crippen MR) is 50.2 cm³/mol. The van der Waals surface area contributed by atoms with Crippen LogP contribution in [0.4, 0.5) is 0 Å². The molecule has 0 bridgehead atoms. The summed E-state index contributed by atoms with van der Waals surface area (Å²) in [6.07, 6.45) is 1.95. The molecule has 0 radical (unpaired) electrons. The molecule has 5 nitrogen and oxygen atoms in total. The minimum atomic E-state index is -0.776. The predicted octanol–water partition coefficient (Wildman–Crippen LogP) is -1.00. The zero-order valence-electron chi connectivity index (χ0n) is 8.20. The Bertz CT molecular complexity index is 177. The Morgan fingerprint density at radius 3 is 2.46 bits per heavy atom. The van der Waals surface area contributed by atoms with Crippen molar-refractivity contribution < 1.29 is 18.7 Å². The lowest BCUT2D eigenvalue weighted by molar-refractivity contribution is -0.224. The van der Waals surface area contributed by atoms with Gasteiger partial charge in [-0.15, -0.1) is 0 Å². The van der Waals surface area contributed by atoms with Gasteiger partial charge in [-0.25, -0.2) is 9.79 Å². The fourth-order valence-electron chi connectivity index (χ4n) is 0.969. The van der Waals surface area contributed by atoms with Gasteiger partial charge in [-0.05, 0) is 0 Å². The van der Waals surface area contributed by atoms with Gasteiger partial charge in [0.1, 0.15) is 10.5 Å². The third-order valence-corrected chi connectivity index (χ3v) is 2.07. The van der Waals surface area contributed by atoms with E-state index >= 15 is 0 Å². The summed E-state index contributed by atoms with van der Waals surface area (Å²) in [6, 6.07) is 0. The highest BCUT2D eigenvalue weighted by atomic mass is 28.2. The van der Waals surface area contributed by atoms with E-state index in [0.29, 0.717) is 30.1 Å². The number of aliphatic imine (C=N–C) groups is 1. The van der Waals surface area contributed by atoms with Crippen molar-refractivity contribution in [2.24, 2.45) is 4.99 Å². The molecule has 76 valence electrons. The molecule has 0 aliphatic carbocycles. The van der Waals surface area contributed by atoms with Gasteiger partial charge in [-0.1, -0.05) is 0 Å². The van der Waals surface area contributed by atoms with Gasteiger partial charge in [0.05, 0.1) is 13.2 Å². The Balaban J connectivity index is 4.11. The van der Waals surface area contributed by atoms with Crippen molar-refractivity contribution in [3.8, 4) is 0 Å². The number of carbonyl (C=O) groups excluding carboxylic acids is 1. The Labute approximate surface area is 80.6 Å². The summed E-state index contributed by atoms with van der Waals surface area (Å²) < 4.78 is 15.4. The van der Waals surface area contributed by atoms with Crippen molar-refractivity contribution in [1.29, 1.82) is 0 Å². The first kappa shape index (κ1) is 12.5. The third-order valence-electron chi connectivity index (χ3n) is 1.78. The van der Waals surface area contributed by atoms with Crippen LogP contribution in [0.15, 0.2) is 4.99 Å². The van der Waals surface area contributed by atoms with Crippen LogP contribution in [0, 0.1) is 0 Å². The van der Waals surface area contributed by atoms with E-state index in [1.165, 1.54) is 20.3 Å². The molecule has 0 aliphatic heterocycles. The van der Waals surface area contributed by atoms with Gasteiger partial charge in [0.15, 0.2) is 5.79 Å². The second-order valence-electron chi connectivity index (χ2n) is 2.47. The van der Waals surface area contributed by atoms with Crippen molar-refractivity contribution in [3.05, 3.63) is 0 Å². The molecule has 0 N–H and O–H groups in total. The standard InChI is InChI=1S/C7H15NO4Si/c1-10-7(11-2,5-12-13)3-4-8-6-9/h3-5H2,1-2,13H3. The molecular formula is C7H15NO4Si. The smallest absolute Gasteiger partial charge is 0.234 e. The zero-order chi connectivity index (χ0) is 10.2. The maximum absolute atomic E-state index is 9.83. The van der Waals surface area contributed by atoms with Gasteiger partial charge in [-0.3, -0.25) is 0 Å². The molecule has 0 rings (SSSR count). The van der Waals surface area contributed by atoms with Gasteiger partial charge in [-0.2, -0.15) is 0 Å². The topological polar surface area (TPSA) is 57.1 Å². The van der Waals surface area contributed by atoms with Crippen LogP contribution in [-0.4, -0.2) is 49.7 Å². The minimum absolute atomic E-state index is 0.329. The van der Waals surface area contributed by atoms with Crippen molar-refractivity contribution >= 4 is 16.6 Å². The van der Waals surface area contributed by atoms with Crippen LogP contribution in [0.1, 0.15) is 6.42 Å². The van der Waals surface area contributed by atoms with E-state index in [1.807, 2.05) is 0 Å². The highest BCUT2D eigenvalue weighted by Crippen LogP contribution is 2.16. The van der Waals surface area contributed by atoms with E-state index in [0.717, 1.165) is 0 Å². The van der Waals surface area contributed by atoms with E-state index in [9.17, 15) is 4.79 Å². The molecule has 0 atom stereocenters. The Kier molecular flexibility index (Phi) is 6.66. The van der Waals surface area contributed by atoms with Crippen molar-refractivity contribution in [3.63, 3.8) is 0 Å². The average Bonchev–Trinajstić information content (AvgIpc) is 2.17. The molecule has 13 heavy (non-hydrogen) atoms. The molecule has 0 saturated heterocycles. The molecule has 0 unspecified atom stereocenters. The summed E-state index contributed by atoms with van der Waals surface area (Å²) in [4.78, 5) is 13.3. The quantitative estimate of drug-likeness (QED) is 0.231. The number of isocyanates is 1. The van der Waals surface area contributed by atoms with Gasteiger partial charge >= 0.3 is 0 Å². The van der Waals surface area contributed by atoms with Crippen LogP contribution in [-0.2, 0) is 18.7 Å². The first-order valence-corrected chi connectivity index (χ1v) is 4.69. The van der Waals surface area contributed by atoms with Crippen molar-refractivity contribution in [1.82, 2.24) is 0 Å². The molecule has 0 heterocycles. The molecule has 0 aromatic heterocycles. The van der Waals surface area contributed by atoms with Gasteiger partial charge in [0.2, 0.25) is 6.08 Å². The fraction of sp³-hybridized carbons (Fsp3) is 0.857. The van der Waals surface area contributed by atoms with E-state index < -0.39 is 5.79 Å². The van der Waals surface area contributed by atoms with Gasteiger partial charge < -0.3 is 13.9 Å². The molecule has 0 fully saturated rings. The number of rotatable bonds is 7. The maximum atomic E-state index is 9.83. The number of ether oxygens (including phenoxy) is 2. The number of hydrogen-bond acceptors (Lipinski definition) is 5. The van der Waals surface area contributed by atoms with E-state index in [-0.39, 0.29) is 0 Å². The molecule has 6 heteroatoms. The van der Waals surface area contributed by atoms with E-state index in [1.54, 1.807) is 0 Å². The Morgan fingerprint density at radius 2 is 2.08 bits per heavy atom. The normalized spacial score (nSPS) is 11.2. The molecular weight excluding hydrogens is 190 g/mol. The highest BCUT2D eigenvalue weighted by Gasteiger charge is 2.28. The summed E-state index contributed by atoms with van der Waals surface area (Å²) in [5.41, 5.74) is 0. The van der Waals surface area contributed by atoms with Gasteiger partial charge in [0.25, 0.3) is 0 Å². The Morgan fingerprint density at radius 1 is 1.46 bits per heavy atom. The first-order valence-electron chi connectivity index (χ1n) is 3.87. The van der Waals surface area contributed by atoms with Crippen LogP contribution in [0.3, 0.4) is 0 Å². The molecule has 0 spiro atoms. The lowest BCUT2D eigenvalue weighted by Gasteiger charge is -2.29. The van der Waals surface area contributed by atoms with Crippen LogP contribution >= 0.6 is 0 Å². The first-order chi connectivity index (χ1) is 6.24. The monoisotopic (exact) mass is 205 g/mol. The summed E-state index contributed by atoms with van der Waals surface area (Å²) in [6.45, 7) is 0.691. The van der Waals surface area contributed by atoms with Crippen LogP contribution in [0.25, 0.3) is 0 Å². The molecule has 0 aromatic carbocycles. The zero-order valence-corrected chi connectivity index (χ0v) is 10.2. The molecule has 0 aromatic rings. The lowest BCUT2D eigenvalue weighted by Crippen LogP contribution is -2.39. The summed E-state index contributed by atoms with van der Waals surface area (Å²) in [5.74, 6) is -0.776. The van der Waals surface area contributed by atoms with Gasteiger partial charge in [0, 0.05) is 20.6 Å². The number of nitrogens with zero attached hydrogens (tertiary/aromatic N) is 1. The Hall–Kier alpha value is -0.523. The number of methoxy groups -OCH3 is 2. The van der Waals surface area contributed by atoms with E-state index in [4.69, 9.17) is 13.9 Å². The van der Waals surface area contributed by atoms with Crippen molar-refractivity contribution in [2.75, 3.05) is 27.4 Å². The largest absolute Gasteiger partial charge is 0.422 e. The summed E-state index contributed by atoms with van der Waals surface area (Å²) in [7, 11) is 3.69. The third kappa shape index (κ3) is 4.30. The lowest BCUT2D eigenvalue weighted by atomic mass is 10.2. The van der Waals surface area contributed by atoms with Crippen LogP contribution in [0.5, 0.6) is 0 Å². The molecule has 0 aliphatic rings. The molecule has 0 amide bonds. The average molecular weight is 205 g/mol. The van der Waals surface area contributed by atoms with Crippen LogP contribution in [0.2, 0.25) is 0 Å². The number of hydrogen-bond donors (Lipinski definition) is 0. The van der Waals surface area contributed by atoms with Crippen LogP contribution < -0.4 is 0 Å². The maximum Gasteiger partial charge on any atom is 0.234 e. The second-order valence-corrected chi connectivity index (χ2v) is 3.05. The second kappa shape index (κ2) is 6.94. The summed E-state index contributed by atoms with van der Waals surface area (Å²) in [5, 5.41) is 0.